The molecule has 0 bridgehead atoms. The lowest BCUT2D eigenvalue weighted by molar-refractivity contribution is -0.192. The molecule has 5 nitrogen and oxygen atoms in total. The summed E-state index contributed by atoms with van der Waals surface area (Å²) in [4.78, 5) is 11.5. The average Bonchev–Trinajstić information content (AvgIpc) is 3.25. The summed E-state index contributed by atoms with van der Waals surface area (Å²) < 4.78 is 43.1. The van der Waals surface area contributed by atoms with Crippen LogP contribution in [0.3, 0.4) is 0 Å². The number of likely N-dealkylation sites (tertiary alicyclic amines) is 1. The van der Waals surface area contributed by atoms with Gasteiger partial charge in [-0.05, 0) is 37.2 Å². The molecule has 0 saturated carbocycles. The SMILES string of the molecule is COCCC1COC2(CCN(CCc3ccccc3)C2)C1.O=C(O)C(F)(F)F. The van der Waals surface area contributed by atoms with Crippen LogP contribution in [-0.4, -0.2) is 67.7 Å². The minimum Gasteiger partial charge on any atom is -0.475 e. The highest BCUT2D eigenvalue weighted by molar-refractivity contribution is 5.73. The molecule has 0 aliphatic carbocycles. The van der Waals surface area contributed by atoms with Crippen LogP contribution in [0, 0.1) is 5.92 Å². The number of carboxylic acid groups (broad SMARTS) is 1. The van der Waals surface area contributed by atoms with Gasteiger partial charge in [0.25, 0.3) is 0 Å². The molecule has 2 saturated heterocycles. The first-order valence-electron chi connectivity index (χ1n) is 9.43. The van der Waals surface area contributed by atoms with Gasteiger partial charge >= 0.3 is 12.1 Å². The number of carboxylic acids is 1. The third-order valence-electron chi connectivity index (χ3n) is 5.21. The number of alkyl halides is 3. The lowest BCUT2D eigenvalue weighted by atomic mass is 9.92. The van der Waals surface area contributed by atoms with Crippen LogP contribution in [0.4, 0.5) is 13.2 Å². The van der Waals surface area contributed by atoms with Crippen molar-refractivity contribution in [2.24, 2.45) is 5.92 Å². The molecule has 2 aliphatic heterocycles. The molecular formula is C20H28F3NO4. The standard InChI is InChI=1S/C18H27NO2.C2HF3O2/c1-20-12-8-17-13-18(21-14-17)9-11-19(15-18)10-7-16-5-3-2-4-6-16;3-2(4,5)1(6)7/h2-6,17H,7-15H2,1H3;(H,6,7). The molecular weight excluding hydrogens is 375 g/mol. The van der Waals surface area contributed by atoms with Crippen LogP contribution in [0.15, 0.2) is 30.3 Å². The first kappa shape index (κ1) is 22.6. The smallest absolute Gasteiger partial charge is 0.475 e. The zero-order valence-corrected chi connectivity index (χ0v) is 16.1. The number of benzene rings is 1. The molecule has 0 radical (unpaired) electrons. The highest BCUT2D eigenvalue weighted by Crippen LogP contribution is 2.39. The third-order valence-corrected chi connectivity index (χ3v) is 5.21. The zero-order valence-electron chi connectivity index (χ0n) is 16.1. The van der Waals surface area contributed by atoms with Crippen LogP contribution in [-0.2, 0) is 20.7 Å². The number of carbonyl (C=O) groups is 1. The summed E-state index contributed by atoms with van der Waals surface area (Å²) in [5.41, 5.74) is 1.58. The minimum atomic E-state index is -5.08. The Morgan fingerprint density at radius 2 is 2.04 bits per heavy atom. The molecule has 2 fully saturated rings. The van der Waals surface area contributed by atoms with E-state index in [-0.39, 0.29) is 5.60 Å². The number of halogens is 3. The van der Waals surface area contributed by atoms with Crippen molar-refractivity contribution in [2.45, 2.75) is 37.5 Å². The first-order chi connectivity index (χ1) is 13.2. The number of methoxy groups -OCH3 is 1. The van der Waals surface area contributed by atoms with Gasteiger partial charge in [-0.15, -0.1) is 0 Å². The second-order valence-corrected chi connectivity index (χ2v) is 7.41. The number of rotatable bonds is 6. The van der Waals surface area contributed by atoms with Crippen LogP contribution in [0.1, 0.15) is 24.8 Å². The maximum absolute atomic E-state index is 10.6. The Kier molecular flexibility index (Phi) is 8.27. The van der Waals surface area contributed by atoms with Crippen LogP contribution < -0.4 is 0 Å². The van der Waals surface area contributed by atoms with Crippen molar-refractivity contribution in [3.05, 3.63) is 35.9 Å². The normalized spacial score (nSPS) is 24.9. The Morgan fingerprint density at radius 1 is 1.36 bits per heavy atom. The first-order valence-corrected chi connectivity index (χ1v) is 9.43. The Balaban J connectivity index is 0.000000345. The van der Waals surface area contributed by atoms with E-state index in [2.05, 4.69) is 35.2 Å². The highest BCUT2D eigenvalue weighted by Gasteiger charge is 2.44. The second-order valence-electron chi connectivity index (χ2n) is 7.41. The quantitative estimate of drug-likeness (QED) is 0.789. The lowest BCUT2D eigenvalue weighted by Gasteiger charge is -2.23. The largest absolute Gasteiger partial charge is 0.490 e. The van der Waals surface area contributed by atoms with Crippen molar-refractivity contribution < 1.29 is 32.5 Å². The van der Waals surface area contributed by atoms with Crippen molar-refractivity contribution >= 4 is 5.97 Å². The van der Waals surface area contributed by atoms with Crippen molar-refractivity contribution in [3.63, 3.8) is 0 Å². The van der Waals surface area contributed by atoms with Crippen molar-refractivity contribution in [3.8, 4) is 0 Å². The molecule has 3 rings (SSSR count). The average molecular weight is 403 g/mol. The van der Waals surface area contributed by atoms with Crippen LogP contribution in [0.2, 0.25) is 0 Å². The molecule has 1 aromatic rings. The summed E-state index contributed by atoms with van der Waals surface area (Å²) in [5.74, 6) is -2.06. The number of ether oxygens (including phenoxy) is 2. The monoisotopic (exact) mass is 403 g/mol. The van der Waals surface area contributed by atoms with Gasteiger partial charge in [0, 0.05) is 33.4 Å². The fraction of sp³-hybridized carbons (Fsp3) is 0.650. The van der Waals surface area contributed by atoms with E-state index < -0.39 is 12.1 Å². The van der Waals surface area contributed by atoms with Crippen molar-refractivity contribution in [1.29, 1.82) is 0 Å². The van der Waals surface area contributed by atoms with E-state index in [1.807, 2.05) is 0 Å². The van der Waals surface area contributed by atoms with Gasteiger partial charge in [-0.25, -0.2) is 4.79 Å². The predicted octanol–water partition coefficient (Wildman–Crippen LogP) is 3.38. The molecule has 2 unspecified atom stereocenters. The summed E-state index contributed by atoms with van der Waals surface area (Å²) in [6.07, 6.45) is -0.379. The predicted molar refractivity (Wildman–Crippen MR) is 98.2 cm³/mol. The fourth-order valence-corrected chi connectivity index (χ4v) is 3.74. The molecule has 2 atom stereocenters. The topological polar surface area (TPSA) is 59.0 Å². The van der Waals surface area contributed by atoms with E-state index in [1.165, 1.54) is 24.9 Å². The van der Waals surface area contributed by atoms with E-state index in [9.17, 15) is 13.2 Å². The Morgan fingerprint density at radius 3 is 2.64 bits per heavy atom. The number of hydrogen-bond donors (Lipinski definition) is 1. The number of nitrogens with zero attached hydrogens (tertiary/aromatic N) is 1. The molecule has 2 heterocycles. The van der Waals surface area contributed by atoms with Crippen LogP contribution in [0.5, 0.6) is 0 Å². The van der Waals surface area contributed by atoms with Gasteiger partial charge in [0.05, 0.1) is 12.2 Å². The van der Waals surface area contributed by atoms with Crippen molar-refractivity contribution in [2.75, 3.05) is 40.0 Å². The summed E-state index contributed by atoms with van der Waals surface area (Å²) in [7, 11) is 1.78. The van der Waals surface area contributed by atoms with Gasteiger partial charge in [-0.3, -0.25) is 0 Å². The molecule has 0 amide bonds. The number of hydrogen-bond acceptors (Lipinski definition) is 4. The maximum atomic E-state index is 10.6. The van der Waals surface area contributed by atoms with Gasteiger partial charge in [0.2, 0.25) is 0 Å². The molecule has 1 N–H and O–H groups in total. The van der Waals surface area contributed by atoms with Gasteiger partial charge in [0.1, 0.15) is 0 Å². The molecule has 1 aromatic carbocycles. The van der Waals surface area contributed by atoms with Gasteiger partial charge in [-0.2, -0.15) is 13.2 Å². The molecule has 158 valence electrons. The zero-order chi connectivity index (χ0) is 20.6. The molecule has 0 aromatic heterocycles. The van der Waals surface area contributed by atoms with Gasteiger partial charge in [-0.1, -0.05) is 30.3 Å². The highest BCUT2D eigenvalue weighted by atomic mass is 19.4. The Labute approximate surface area is 163 Å². The molecule has 2 aliphatic rings. The molecule has 8 heteroatoms. The summed E-state index contributed by atoms with van der Waals surface area (Å²) in [6.45, 7) is 5.24. The Hall–Kier alpha value is -1.64. The molecule has 28 heavy (non-hydrogen) atoms. The third kappa shape index (κ3) is 7.07. The minimum absolute atomic E-state index is 0.148. The van der Waals surface area contributed by atoms with Crippen LogP contribution in [0.25, 0.3) is 0 Å². The van der Waals surface area contributed by atoms with Gasteiger partial charge < -0.3 is 19.5 Å². The van der Waals surface area contributed by atoms with Crippen molar-refractivity contribution in [1.82, 2.24) is 4.90 Å². The maximum Gasteiger partial charge on any atom is 0.490 e. The van der Waals surface area contributed by atoms with Gasteiger partial charge in [0.15, 0.2) is 0 Å². The summed E-state index contributed by atoms with van der Waals surface area (Å²) in [5, 5.41) is 7.12. The summed E-state index contributed by atoms with van der Waals surface area (Å²) in [6, 6.07) is 10.8. The Bertz CT molecular complexity index is 611. The fourth-order valence-electron chi connectivity index (χ4n) is 3.74. The van der Waals surface area contributed by atoms with E-state index in [1.54, 1.807) is 7.11 Å². The van der Waals surface area contributed by atoms with Crippen LogP contribution >= 0.6 is 0 Å². The van der Waals surface area contributed by atoms with E-state index in [0.717, 1.165) is 39.1 Å². The lowest BCUT2D eigenvalue weighted by Crippen LogP contribution is -2.33. The van der Waals surface area contributed by atoms with E-state index in [4.69, 9.17) is 19.4 Å². The number of aliphatic carboxylic acids is 1. The van der Waals surface area contributed by atoms with E-state index in [0.29, 0.717) is 5.92 Å². The molecule has 1 spiro atoms. The summed E-state index contributed by atoms with van der Waals surface area (Å²) >= 11 is 0. The van der Waals surface area contributed by atoms with E-state index >= 15 is 0 Å². The second kappa shape index (κ2) is 10.2.